The number of amides is 2. The van der Waals surface area contributed by atoms with Gasteiger partial charge in [0.25, 0.3) is 11.8 Å². The topological polar surface area (TPSA) is 68.3 Å². The number of benzene rings is 2. The lowest BCUT2D eigenvalue weighted by Crippen LogP contribution is -2.39. The van der Waals surface area contributed by atoms with Crippen molar-refractivity contribution >= 4 is 11.8 Å². The maximum Gasteiger partial charge on any atom is 0.260 e. The second-order valence-corrected chi connectivity index (χ2v) is 6.92. The van der Waals surface area contributed by atoms with Crippen LogP contribution >= 0.6 is 0 Å². The average Bonchev–Trinajstić information content (AvgIpc) is 3.04. The van der Waals surface area contributed by atoms with E-state index in [1.165, 1.54) is 0 Å². The predicted molar refractivity (Wildman–Crippen MR) is 113 cm³/mol. The molecule has 1 saturated heterocycles. The van der Waals surface area contributed by atoms with Crippen molar-refractivity contribution in [3.8, 4) is 17.2 Å². The van der Waals surface area contributed by atoms with Gasteiger partial charge in [0.05, 0.1) is 13.7 Å². The maximum absolute atomic E-state index is 12.8. The number of para-hydroxylation sites is 2. The molecule has 1 aliphatic heterocycles. The summed E-state index contributed by atoms with van der Waals surface area (Å²) >= 11 is 0. The van der Waals surface area contributed by atoms with Gasteiger partial charge in [0.2, 0.25) is 0 Å². The van der Waals surface area contributed by atoms with E-state index in [0.717, 1.165) is 12.2 Å². The Hall–Kier alpha value is -3.22. The molecule has 2 amide bonds. The second kappa shape index (κ2) is 10.5. The van der Waals surface area contributed by atoms with Crippen molar-refractivity contribution in [2.75, 3.05) is 46.5 Å². The normalized spacial score (nSPS) is 14.1. The number of carbonyl (C=O) groups is 2. The molecule has 0 bridgehead atoms. The van der Waals surface area contributed by atoms with Gasteiger partial charge in [-0.25, -0.2) is 0 Å². The first-order valence-electron chi connectivity index (χ1n) is 10.2. The lowest BCUT2D eigenvalue weighted by Gasteiger charge is -2.22. The first-order chi connectivity index (χ1) is 14.6. The molecule has 0 aliphatic carbocycles. The molecule has 0 atom stereocenters. The van der Waals surface area contributed by atoms with E-state index in [9.17, 15) is 9.59 Å². The first kappa shape index (κ1) is 21.5. The molecule has 1 heterocycles. The molecule has 0 unspecified atom stereocenters. The summed E-state index contributed by atoms with van der Waals surface area (Å²) in [7, 11) is 1.56. The van der Waals surface area contributed by atoms with Gasteiger partial charge in [-0.15, -0.1) is 0 Å². The van der Waals surface area contributed by atoms with Crippen LogP contribution in [0.4, 0.5) is 0 Å². The van der Waals surface area contributed by atoms with Crippen LogP contribution in [0.3, 0.4) is 0 Å². The van der Waals surface area contributed by atoms with Crippen molar-refractivity contribution in [1.29, 1.82) is 0 Å². The summed E-state index contributed by atoms with van der Waals surface area (Å²) in [6.07, 6.45) is 0.725. The molecule has 2 aromatic rings. The van der Waals surface area contributed by atoms with Gasteiger partial charge in [-0.1, -0.05) is 12.1 Å². The lowest BCUT2D eigenvalue weighted by molar-refractivity contribution is -0.133. The quantitative estimate of drug-likeness (QED) is 0.700. The van der Waals surface area contributed by atoms with Gasteiger partial charge < -0.3 is 24.0 Å². The van der Waals surface area contributed by atoms with E-state index in [2.05, 4.69) is 0 Å². The molecule has 0 radical (unpaired) electrons. The molecule has 1 fully saturated rings. The van der Waals surface area contributed by atoms with Crippen molar-refractivity contribution in [1.82, 2.24) is 9.80 Å². The smallest absolute Gasteiger partial charge is 0.260 e. The van der Waals surface area contributed by atoms with Gasteiger partial charge in [0, 0.05) is 31.7 Å². The Balaban J connectivity index is 1.53. The van der Waals surface area contributed by atoms with Crippen molar-refractivity contribution in [2.24, 2.45) is 0 Å². The largest absolute Gasteiger partial charge is 0.494 e. The second-order valence-electron chi connectivity index (χ2n) is 6.92. The maximum atomic E-state index is 12.8. The van der Waals surface area contributed by atoms with Crippen LogP contribution < -0.4 is 14.2 Å². The van der Waals surface area contributed by atoms with Crippen molar-refractivity contribution < 1.29 is 23.8 Å². The van der Waals surface area contributed by atoms with Gasteiger partial charge in [-0.05, 0) is 49.7 Å². The van der Waals surface area contributed by atoms with Crippen LogP contribution in [0, 0.1) is 0 Å². The van der Waals surface area contributed by atoms with Gasteiger partial charge in [-0.2, -0.15) is 0 Å². The molecule has 160 valence electrons. The zero-order valence-electron chi connectivity index (χ0n) is 17.5. The van der Waals surface area contributed by atoms with Crippen LogP contribution in [0.5, 0.6) is 17.2 Å². The minimum atomic E-state index is -0.101. The standard InChI is InChI=1S/C23H28N2O5/c1-3-29-19-11-9-18(10-12-19)23(27)25-14-6-13-24(15-16-25)22(26)17-30-21-8-5-4-7-20(21)28-2/h4-5,7-12H,3,6,13-17H2,1-2H3. The van der Waals surface area contributed by atoms with Crippen molar-refractivity contribution in [3.05, 3.63) is 54.1 Å². The van der Waals surface area contributed by atoms with Crippen LogP contribution in [0.2, 0.25) is 0 Å². The molecule has 3 rings (SSSR count). The summed E-state index contributed by atoms with van der Waals surface area (Å²) in [6.45, 7) is 4.63. The molecule has 7 heteroatoms. The summed E-state index contributed by atoms with van der Waals surface area (Å²) in [5.41, 5.74) is 0.623. The molecule has 0 spiro atoms. The van der Waals surface area contributed by atoms with Gasteiger partial charge in [0.15, 0.2) is 18.1 Å². The van der Waals surface area contributed by atoms with E-state index >= 15 is 0 Å². The van der Waals surface area contributed by atoms with Gasteiger partial charge in [0.1, 0.15) is 5.75 Å². The Morgan fingerprint density at radius 2 is 1.53 bits per heavy atom. The van der Waals surface area contributed by atoms with Crippen molar-refractivity contribution in [3.63, 3.8) is 0 Å². The zero-order chi connectivity index (χ0) is 21.3. The molecule has 0 N–H and O–H groups in total. The number of nitrogens with zero attached hydrogens (tertiary/aromatic N) is 2. The number of hydrogen-bond acceptors (Lipinski definition) is 5. The SMILES string of the molecule is CCOc1ccc(C(=O)N2CCCN(C(=O)COc3ccccc3OC)CC2)cc1. The summed E-state index contributed by atoms with van der Waals surface area (Å²) in [5.74, 6) is 1.74. The summed E-state index contributed by atoms with van der Waals surface area (Å²) in [6, 6.07) is 14.4. The zero-order valence-corrected chi connectivity index (χ0v) is 17.5. The van der Waals surface area contributed by atoms with Crippen LogP contribution in [0.1, 0.15) is 23.7 Å². The van der Waals surface area contributed by atoms with Crippen LogP contribution in [-0.4, -0.2) is 68.1 Å². The summed E-state index contributed by atoms with van der Waals surface area (Å²) < 4.78 is 16.3. The first-order valence-corrected chi connectivity index (χ1v) is 10.2. The highest BCUT2D eigenvalue weighted by Gasteiger charge is 2.23. The molecule has 30 heavy (non-hydrogen) atoms. The van der Waals surface area contributed by atoms with E-state index in [4.69, 9.17) is 14.2 Å². The molecule has 7 nitrogen and oxygen atoms in total. The monoisotopic (exact) mass is 412 g/mol. The Morgan fingerprint density at radius 1 is 0.867 bits per heavy atom. The Kier molecular flexibility index (Phi) is 7.54. The van der Waals surface area contributed by atoms with E-state index in [1.54, 1.807) is 53.3 Å². The summed E-state index contributed by atoms with van der Waals surface area (Å²) in [5, 5.41) is 0. The fourth-order valence-corrected chi connectivity index (χ4v) is 3.38. The molecule has 1 aliphatic rings. The van der Waals surface area contributed by atoms with Gasteiger partial charge >= 0.3 is 0 Å². The summed E-state index contributed by atoms with van der Waals surface area (Å²) in [4.78, 5) is 29.0. The number of ether oxygens (including phenoxy) is 3. The van der Waals surface area contributed by atoms with E-state index in [0.29, 0.717) is 49.8 Å². The third kappa shape index (κ3) is 5.43. The minimum absolute atomic E-state index is 0.0300. The predicted octanol–water partition coefficient (Wildman–Crippen LogP) is 2.85. The fraction of sp³-hybridized carbons (Fsp3) is 0.391. The molecule has 0 saturated carbocycles. The average molecular weight is 412 g/mol. The fourth-order valence-electron chi connectivity index (χ4n) is 3.38. The number of hydrogen-bond donors (Lipinski definition) is 0. The Morgan fingerprint density at radius 3 is 2.23 bits per heavy atom. The highest BCUT2D eigenvalue weighted by molar-refractivity contribution is 5.94. The van der Waals surface area contributed by atoms with Crippen LogP contribution in [-0.2, 0) is 4.79 Å². The number of carbonyl (C=O) groups excluding carboxylic acids is 2. The molecule has 2 aromatic carbocycles. The molecular formula is C23H28N2O5. The highest BCUT2D eigenvalue weighted by Crippen LogP contribution is 2.25. The van der Waals surface area contributed by atoms with E-state index in [1.807, 2.05) is 19.1 Å². The highest BCUT2D eigenvalue weighted by atomic mass is 16.5. The molecule has 0 aromatic heterocycles. The number of rotatable bonds is 7. The van der Waals surface area contributed by atoms with E-state index in [-0.39, 0.29) is 18.4 Å². The van der Waals surface area contributed by atoms with Crippen molar-refractivity contribution in [2.45, 2.75) is 13.3 Å². The number of methoxy groups -OCH3 is 1. The Bertz CT molecular complexity index is 853. The van der Waals surface area contributed by atoms with Crippen LogP contribution in [0.25, 0.3) is 0 Å². The van der Waals surface area contributed by atoms with E-state index < -0.39 is 0 Å². The third-order valence-electron chi connectivity index (χ3n) is 4.97. The van der Waals surface area contributed by atoms with Crippen LogP contribution in [0.15, 0.2) is 48.5 Å². The third-order valence-corrected chi connectivity index (χ3v) is 4.97. The Labute approximate surface area is 177 Å². The minimum Gasteiger partial charge on any atom is -0.494 e. The molecular weight excluding hydrogens is 384 g/mol. The lowest BCUT2D eigenvalue weighted by atomic mass is 10.2. The van der Waals surface area contributed by atoms with Gasteiger partial charge in [-0.3, -0.25) is 9.59 Å².